The molecule has 1 aliphatic heterocycles. The number of aliphatic imine (C=N–C) groups is 1. The van der Waals surface area contributed by atoms with E-state index in [9.17, 15) is 4.79 Å². The predicted octanol–water partition coefficient (Wildman–Crippen LogP) is 6.12. The zero-order chi connectivity index (χ0) is 21.1. The molecule has 150 valence electrons. The maximum Gasteiger partial charge on any atom is 0.271 e. The van der Waals surface area contributed by atoms with Crippen LogP contribution in [0.3, 0.4) is 0 Å². The summed E-state index contributed by atoms with van der Waals surface area (Å²) in [6.07, 6.45) is 1.89. The molecule has 0 aromatic heterocycles. The molecule has 0 atom stereocenters. The molecule has 0 unspecified atom stereocenters. The van der Waals surface area contributed by atoms with Gasteiger partial charge in [0.2, 0.25) is 0 Å². The van der Waals surface area contributed by atoms with Crippen molar-refractivity contribution >= 4 is 40.3 Å². The second-order valence-electron chi connectivity index (χ2n) is 7.00. The molecule has 0 bridgehead atoms. The third kappa shape index (κ3) is 4.02. The molecule has 0 radical (unpaired) electrons. The molecule has 3 aromatic rings. The van der Waals surface area contributed by atoms with Crippen LogP contribution in [-0.4, -0.2) is 18.2 Å². The van der Waals surface area contributed by atoms with Crippen LogP contribution in [0.25, 0.3) is 6.08 Å². The van der Waals surface area contributed by atoms with Crippen molar-refractivity contribution in [2.24, 2.45) is 4.99 Å². The Labute approximate surface area is 180 Å². The van der Waals surface area contributed by atoms with Gasteiger partial charge in [-0.25, -0.2) is 4.99 Å². The van der Waals surface area contributed by atoms with E-state index in [0.717, 1.165) is 33.8 Å². The molecule has 3 aromatic carbocycles. The fraction of sp³-hybridized carbons (Fsp3) is 0.120. The topological polar surface area (TPSA) is 41.9 Å². The molecule has 0 aliphatic carbocycles. The number of rotatable bonds is 4. The van der Waals surface area contributed by atoms with Crippen molar-refractivity contribution < 1.29 is 9.53 Å². The van der Waals surface area contributed by atoms with Gasteiger partial charge in [0, 0.05) is 0 Å². The number of ether oxygens (including phenoxy) is 1. The van der Waals surface area contributed by atoms with Crippen LogP contribution in [0.15, 0.2) is 82.7 Å². The number of carbonyl (C=O) groups is 1. The van der Waals surface area contributed by atoms with Gasteiger partial charge < -0.3 is 4.74 Å². The smallest absolute Gasteiger partial charge is 0.271 e. The fourth-order valence-corrected chi connectivity index (χ4v) is 4.24. The van der Waals surface area contributed by atoms with Crippen LogP contribution in [0.5, 0.6) is 5.75 Å². The number of amides is 1. The van der Waals surface area contributed by atoms with E-state index in [1.807, 2.05) is 92.7 Å². The molecule has 0 spiro atoms. The first-order valence-electron chi connectivity index (χ1n) is 9.65. The van der Waals surface area contributed by atoms with Crippen LogP contribution in [-0.2, 0) is 4.79 Å². The van der Waals surface area contributed by atoms with Crippen LogP contribution < -0.4 is 9.64 Å². The Bertz CT molecular complexity index is 1170. The van der Waals surface area contributed by atoms with Crippen molar-refractivity contribution in [1.82, 2.24) is 0 Å². The number of hydrogen-bond donors (Lipinski definition) is 0. The van der Waals surface area contributed by atoms with Crippen LogP contribution in [0, 0.1) is 13.8 Å². The van der Waals surface area contributed by atoms with Crippen molar-refractivity contribution in [1.29, 1.82) is 0 Å². The van der Waals surface area contributed by atoms with Gasteiger partial charge in [0.15, 0.2) is 5.17 Å². The quantitative estimate of drug-likeness (QED) is 0.483. The summed E-state index contributed by atoms with van der Waals surface area (Å²) in [7, 11) is 1.63. The highest BCUT2D eigenvalue weighted by atomic mass is 32.2. The Balaban J connectivity index is 1.81. The summed E-state index contributed by atoms with van der Waals surface area (Å²) in [6, 6.07) is 23.5. The highest BCUT2D eigenvalue weighted by molar-refractivity contribution is 8.19. The lowest BCUT2D eigenvalue weighted by atomic mass is 10.1. The third-order valence-corrected chi connectivity index (χ3v) is 5.85. The molecule has 0 saturated carbocycles. The monoisotopic (exact) mass is 414 g/mol. The molecular formula is C25H22N2O2S. The van der Waals surface area contributed by atoms with Crippen LogP contribution >= 0.6 is 11.8 Å². The minimum atomic E-state index is -0.0792. The van der Waals surface area contributed by atoms with Crippen molar-refractivity contribution in [3.05, 3.63) is 94.4 Å². The summed E-state index contributed by atoms with van der Waals surface area (Å²) in [5.41, 5.74) is 4.69. The first-order valence-corrected chi connectivity index (χ1v) is 10.5. The molecule has 1 amide bonds. The summed E-state index contributed by atoms with van der Waals surface area (Å²) < 4.78 is 5.31. The maximum absolute atomic E-state index is 13.4. The zero-order valence-corrected chi connectivity index (χ0v) is 17.9. The van der Waals surface area contributed by atoms with Crippen molar-refractivity contribution in [2.75, 3.05) is 12.0 Å². The number of thioether (sulfide) groups is 1. The molecule has 4 nitrogen and oxygen atoms in total. The molecule has 4 rings (SSSR count). The number of methoxy groups -OCH3 is 1. The number of benzene rings is 3. The van der Waals surface area contributed by atoms with E-state index >= 15 is 0 Å². The number of carbonyl (C=O) groups excluding carboxylic acids is 1. The summed E-state index contributed by atoms with van der Waals surface area (Å²) in [5.74, 6) is 0.675. The third-order valence-electron chi connectivity index (χ3n) is 4.89. The van der Waals surface area contributed by atoms with Gasteiger partial charge in [-0.15, -0.1) is 0 Å². The van der Waals surface area contributed by atoms with Crippen LogP contribution in [0.4, 0.5) is 11.4 Å². The minimum absolute atomic E-state index is 0.0792. The van der Waals surface area contributed by atoms with Crippen molar-refractivity contribution in [3.8, 4) is 5.75 Å². The van der Waals surface area contributed by atoms with Crippen LogP contribution in [0.1, 0.15) is 16.7 Å². The van der Waals surface area contributed by atoms with E-state index in [-0.39, 0.29) is 5.91 Å². The Kier molecular flexibility index (Phi) is 5.72. The zero-order valence-electron chi connectivity index (χ0n) is 17.1. The average Bonchev–Trinajstić information content (AvgIpc) is 3.05. The van der Waals surface area contributed by atoms with Gasteiger partial charge in [-0.1, -0.05) is 48.5 Å². The van der Waals surface area contributed by atoms with E-state index in [4.69, 9.17) is 9.73 Å². The first kappa shape index (κ1) is 20.0. The van der Waals surface area contributed by atoms with Gasteiger partial charge in [-0.3, -0.25) is 9.69 Å². The first-order chi connectivity index (χ1) is 14.6. The second-order valence-corrected chi connectivity index (χ2v) is 8.00. The fourth-order valence-electron chi connectivity index (χ4n) is 3.25. The van der Waals surface area contributed by atoms with Gasteiger partial charge in [0.05, 0.1) is 23.4 Å². The number of amidine groups is 1. The highest BCUT2D eigenvalue weighted by Gasteiger charge is 2.35. The average molecular weight is 415 g/mol. The van der Waals surface area contributed by atoms with E-state index < -0.39 is 0 Å². The SMILES string of the molecule is COc1cccc(/C=C2/SC(=Nc3ccccc3C)N(c3ccccc3C)C2=O)c1. The largest absolute Gasteiger partial charge is 0.497 e. The second kappa shape index (κ2) is 8.59. The number of para-hydroxylation sites is 2. The van der Waals surface area contributed by atoms with Crippen molar-refractivity contribution in [3.63, 3.8) is 0 Å². The molecule has 30 heavy (non-hydrogen) atoms. The number of nitrogens with zero attached hydrogens (tertiary/aromatic N) is 2. The molecule has 1 fully saturated rings. The minimum Gasteiger partial charge on any atom is -0.497 e. The number of anilines is 1. The van der Waals surface area contributed by atoms with Crippen molar-refractivity contribution in [2.45, 2.75) is 13.8 Å². The summed E-state index contributed by atoms with van der Waals surface area (Å²) in [6.45, 7) is 4.02. The molecule has 1 heterocycles. The number of hydrogen-bond acceptors (Lipinski definition) is 4. The molecule has 0 N–H and O–H groups in total. The number of aryl methyl sites for hydroxylation is 2. The summed E-state index contributed by atoms with van der Waals surface area (Å²) in [5, 5.41) is 0.651. The van der Waals surface area contributed by atoms with Gasteiger partial charge in [0.1, 0.15) is 5.75 Å². The van der Waals surface area contributed by atoms with E-state index in [1.54, 1.807) is 12.0 Å². The molecule has 1 aliphatic rings. The Morgan fingerprint density at radius 1 is 0.933 bits per heavy atom. The predicted molar refractivity (Wildman–Crippen MR) is 126 cm³/mol. The van der Waals surface area contributed by atoms with Crippen LogP contribution in [0.2, 0.25) is 0 Å². The van der Waals surface area contributed by atoms with E-state index in [1.165, 1.54) is 11.8 Å². The molecule has 5 heteroatoms. The lowest BCUT2D eigenvalue weighted by Gasteiger charge is -2.18. The van der Waals surface area contributed by atoms with E-state index in [0.29, 0.717) is 10.1 Å². The lowest BCUT2D eigenvalue weighted by molar-refractivity contribution is -0.113. The summed E-state index contributed by atoms with van der Waals surface area (Å²) >= 11 is 1.39. The van der Waals surface area contributed by atoms with Gasteiger partial charge in [-0.2, -0.15) is 0 Å². The Hall–Kier alpha value is -3.31. The Morgan fingerprint density at radius 3 is 2.40 bits per heavy atom. The van der Waals surface area contributed by atoms with Gasteiger partial charge in [0.25, 0.3) is 5.91 Å². The standard InChI is InChI=1S/C25H22N2O2S/c1-17-9-4-6-13-21(17)26-25-27(22-14-7-5-10-18(22)2)24(28)23(30-25)16-19-11-8-12-20(15-19)29-3/h4-16H,1-3H3/b23-16+,26-25?. The van der Waals surface area contributed by atoms with Gasteiger partial charge >= 0.3 is 0 Å². The molecular weight excluding hydrogens is 392 g/mol. The highest BCUT2D eigenvalue weighted by Crippen LogP contribution is 2.39. The maximum atomic E-state index is 13.4. The lowest BCUT2D eigenvalue weighted by Crippen LogP contribution is -2.29. The Morgan fingerprint density at radius 2 is 1.67 bits per heavy atom. The molecule has 1 saturated heterocycles. The normalized spacial score (nSPS) is 16.5. The van der Waals surface area contributed by atoms with Gasteiger partial charge in [-0.05, 0) is 72.6 Å². The van der Waals surface area contributed by atoms with E-state index in [2.05, 4.69) is 0 Å². The summed E-state index contributed by atoms with van der Waals surface area (Å²) in [4.78, 5) is 20.6.